The maximum atomic E-state index is 13.4. The van der Waals surface area contributed by atoms with Crippen molar-refractivity contribution < 1.29 is 40.6 Å². The van der Waals surface area contributed by atoms with Gasteiger partial charge in [0, 0.05) is 26.4 Å². The molecule has 0 spiro atoms. The van der Waals surface area contributed by atoms with Crippen LogP contribution < -0.4 is 14.2 Å². The normalized spacial score (nSPS) is 17.9. The van der Waals surface area contributed by atoms with Gasteiger partial charge in [-0.25, -0.2) is 8.42 Å². The number of alkyl halides is 3. The Kier molecular flexibility index (Phi) is 7.56. The summed E-state index contributed by atoms with van der Waals surface area (Å²) in [5, 5.41) is 3.39. The van der Waals surface area contributed by atoms with Gasteiger partial charge in [-0.1, -0.05) is 18.2 Å². The average Bonchev–Trinajstić information content (AvgIpc) is 3.47. The number of carbonyl (C=O) groups is 1. The molecule has 0 aliphatic carbocycles. The number of aromatic nitrogens is 2. The SMILES string of the molecule is COc1ccccc1S(=O)(=O)Nc1cccc(O[C@@H]2CN(C(=O)c3cn(C)nc3C(F)(F)F)C[C@H]2OC)c1. The van der Waals surface area contributed by atoms with Crippen LogP contribution in [-0.4, -0.2) is 68.5 Å². The molecular weight excluding hydrogens is 529 g/mol. The van der Waals surface area contributed by atoms with E-state index in [0.717, 1.165) is 10.9 Å². The van der Waals surface area contributed by atoms with E-state index in [0.29, 0.717) is 0 Å². The standard InChI is InChI=1S/C24H25F3N4O6S/c1-30-12-17(22(28-30)24(25,26)27)23(32)31-13-19(36-3)20(14-31)37-16-8-6-7-15(11-16)29-38(33,34)21-10-5-4-9-18(21)35-2/h4-12,19-20,29H,13-14H2,1-3H3/t19-,20-/m1/s1. The molecule has 2 atom stereocenters. The molecule has 4 rings (SSSR count). The lowest BCUT2D eigenvalue weighted by Gasteiger charge is -2.19. The van der Waals surface area contributed by atoms with Gasteiger partial charge < -0.3 is 19.1 Å². The monoisotopic (exact) mass is 554 g/mol. The minimum atomic E-state index is -4.79. The summed E-state index contributed by atoms with van der Waals surface area (Å²) < 4.78 is 85.9. The van der Waals surface area contributed by atoms with Crippen molar-refractivity contribution in [2.75, 3.05) is 32.0 Å². The zero-order chi connectivity index (χ0) is 27.7. The molecule has 1 aromatic heterocycles. The van der Waals surface area contributed by atoms with Crippen LogP contribution in [0.4, 0.5) is 18.9 Å². The molecule has 1 aliphatic rings. The Morgan fingerprint density at radius 3 is 2.47 bits per heavy atom. The van der Waals surface area contributed by atoms with Gasteiger partial charge in [-0.2, -0.15) is 18.3 Å². The van der Waals surface area contributed by atoms with Crippen LogP contribution in [0.1, 0.15) is 16.1 Å². The molecule has 2 heterocycles. The molecule has 0 bridgehead atoms. The third-order valence-corrected chi connectivity index (χ3v) is 7.29. The highest BCUT2D eigenvalue weighted by molar-refractivity contribution is 7.92. The van der Waals surface area contributed by atoms with Gasteiger partial charge in [-0.05, 0) is 24.3 Å². The topological polar surface area (TPSA) is 112 Å². The van der Waals surface area contributed by atoms with Gasteiger partial charge in [0.25, 0.3) is 15.9 Å². The number of benzene rings is 2. The molecule has 14 heteroatoms. The molecular formula is C24H25F3N4O6S. The van der Waals surface area contributed by atoms with Crippen molar-refractivity contribution in [3.63, 3.8) is 0 Å². The minimum Gasteiger partial charge on any atom is -0.495 e. The second-order valence-electron chi connectivity index (χ2n) is 8.49. The molecule has 1 fully saturated rings. The molecule has 2 aromatic carbocycles. The molecule has 0 saturated carbocycles. The number of nitrogens with one attached hydrogen (secondary N) is 1. The van der Waals surface area contributed by atoms with Gasteiger partial charge in [0.1, 0.15) is 28.6 Å². The van der Waals surface area contributed by atoms with E-state index in [-0.39, 0.29) is 35.2 Å². The smallest absolute Gasteiger partial charge is 0.435 e. The van der Waals surface area contributed by atoms with Crippen LogP contribution in [0.3, 0.4) is 0 Å². The average molecular weight is 555 g/mol. The number of carbonyl (C=O) groups excluding carboxylic acids is 1. The fourth-order valence-corrected chi connectivity index (χ4v) is 5.35. The van der Waals surface area contributed by atoms with Crippen molar-refractivity contribution in [2.45, 2.75) is 23.3 Å². The van der Waals surface area contributed by atoms with Crippen LogP contribution in [0.25, 0.3) is 0 Å². The van der Waals surface area contributed by atoms with Gasteiger partial charge in [-0.15, -0.1) is 0 Å². The van der Waals surface area contributed by atoms with Crippen molar-refractivity contribution in [1.82, 2.24) is 14.7 Å². The number of likely N-dealkylation sites (tertiary alicyclic amines) is 1. The lowest BCUT2D eigenvalue weighted by Crippen LogP contribution is -2.32. The lowest BCUT2D eigenvalue weighted by atomic mass is 10.2. The first-order valence-electron chi connectivity index (χ1n) is 11.3. The van der Waals surface area contributed by atoms with E-state index in [1.165, 1.54) is 50.4 Å². The van der Waals surface area contributed by atoms with Crippen LogP contribution in [0.15, 0.2) is 59.6 Å². The zero-order valence-corrected chi connectivity index (χ0v) is 21.4. The third-order valence-electron chi connectivity index (χ3n) is 5.87. The van der Waals surface area contributed by atoms with Crippen molar-refractivity contribution in [3.8, 4) is 11.5 Å². The molecule has 1 amide bonds. The summed E-state index contributed by atoms with van der Waals surface area (Å²) in [7, 11) is 0.0771. The summed E-state index contributed by atoms with van der Waals surface area (Å²) in [5.41, 5.74) is -1.62. The largest absolute Gasteiger partial charge is 0.495 e. The Hall–Kier alpha value is -3.78. The summed E-state index contributed by atoms with van der Waals surface area (Å²) in [6.07, 6.45) is -5.13. The second kappa shape index (κ2) is 10.5. The first-order chi connectivity index (χ1) is 17.9. The zero-order valence-electron chi connectivity index (χ0n) is 20.6. The molecule has 10 nitrogen and oxygen atoms in total. The molecule has 1 N–H and O–H groups in total. The number of anilines is 1. The van der Waals surface area contributed by atoms with E-state index in [1.54, 1.807) is 24.3 Å². The van der Waals surface area contributed by atoms with E-state index < -0.39 is 45.6 Å². The number of aryl methyl sites for hydroxylation is 1. The first-order valence-corrected chi connectivity index (χ1v) is 12.8. The predicted octanol–water partition coefficient (Wildman–Crippen LogP) is 3.17. The Morgan fingerprint density at radius 2 is 1.79 bits per heavy atom. The van der Waals surface area contributed by atoms with Gasteiger partial charge in [0.05, 0.1) is 31.5 Å². The number of sulfonamides is 1. The van der Waals surface area contributed by atoms with E-state index in [9.17, 15) is 26.4 Å². The van der Waals surface area contributed by atoms with Gasteiger partial charge >= 0.3 is 6.18 Å². The number of hydrogen-bond acceptors (Lipinski definition) is 7. The van der Waals surface area contributed by atoms with Gasteiger partial charge in [-0.3, -0.25) is 14.2 Å². The van der Waals surface area contributed by atoms with Crippen LogP contribution >= 0.6 is 0 Å². The lowest BCUT2D eigenvalue weighted by molar-refractivity contribution is -0.141. The first kappa shape index (κ1) is 27.3. The fraction of sp³-hybridized carbons (Fsp3) is 0.333. The number of nitrogens with zero attached hydrogens (tertiary/aromatic N) is 3. The van der Waals surface area contributed by atoms with E-state index in [4.69, 9.17) is 14.2 Å². The van der Waals surface area contributed by atoms with Crippen LogP contribution in [0, 0.1) is 0 Å². The fourth-order valence-electron chi connectivity index (χ4n) is 4.13. The number of halogens is 3. The summed E-state index contributed by atoms with van der Waals surface area (Å²) >= 11 is 0. The quantitative estimate of drug-likeness (QED) is 0.455. The second-order valence-corrected chi connectivity index (χ2v) is 10.1. The number of methoxy groups -OCH3 is 2. The van der Waals surface area contributed by atoms with Crippen molar-refractivity contribution in [2.24, 2.45) is 7.05 Å². The molecule has 204 valence electrons. The molecule has 0 radical (unpaired) electrons. The Balaban J connectivity index is 1.50. The predicted molar refractivity (Wildman–Crippen MR) is 130 cm³/mol. The highest BCUT2D eigenvalue weighted by atomic mass is 32.2. The Morgan fingerprint density at radius 1 is 1.08 bits per heavy atom. The number of para-hydroxylation sites is 1. The maximum absolute atomic E-state index is 13.4. The maximum Gasteiger partial charge on any atom is 0.435 e. The number of rotatable bonds is 8. The molecule has 1 saturated heterocycles. The number of amides is 1. The van der Waals surface area contributed by atoms with Gasteiger partial charge in [0.15, 0.2) is 5.69 Å². The molecule has 3 aromatic rings. The Labute approximate surface area is 217 Å². The van der Waals surface area contributed by atoms with Crippen molar-refractivity contribution in [1.29, 1.82) is 0 Å². The Bertz CT molecular complexity index is 1430. The van der Waals surface area contributed by atoms with Gasteiger partial charge in [0.2, 0.25) is 0 Å². The van der Waals surface area contributed by atoms with Crippen LogP contribution in [-0.2, 0) is 28.0 Å². The van der Waals surface area contributed by atoms with E-state index >= 15 is 0 Å². The molecule has 1 aliphatic heterocycles. The van der Waals surface area contributed by atoms with Crippen molar-refractivity contribution in [3.05, 3.63) is 66.0 Å². The highest BCUT2D eigenvalue weighted by Gasteiger charge is 2.43. The van der Waals surface area contributed by atoms with Crippen LogP contribution in [0.5, 0.6) is 11.5 Å². The third kappa shape index (κ3) is 5.70. The van der Waals surface area contributed by atoms with Crippen molar-refractivity contribution >= 4 is 21.6 Å². The summed E-state index contributed by atoms with van der Waals surface area (Å²) in [6.45, 7) is -0.0625. The van der Waals surface area contributed by atoms with E-state index in [2.05, 4.69) is 9.82 Å². The summed E-state index contributed by atoms with van der Waals surface area (Å²) in [6, 6.07) is 12.3. The summed E-state index contributed by atoms with van der Waals surface area (Å²) in [5.74, 6) is -0.408. The highest BCUT2D eigenvalue weighted by Crippen LogP contribution is 2.32. The summed E-state index contributed by atoms with van der Waals surface area (Å²) in [4.78, 5) is 14.1. The molecule has 0 unspecified atom stereocenters. The van der Waals surface area contributed by atoms with E-state index in [1.807, 2.05) is 0 Å². The molecule has 38 heavy (non-hydrogen) atoms. The van der Waals surface area contributed by atoms with Crippen LogP contribution in [0.2, 0.25) is 0 Å². The minimum absolute atomic E-state index is 0.00763. The number of hydrogen-bond donors (Lipinski definition) is 1. The number of ether oxygens (including phenoxy) is 3.